The number of rotatable bonds is 6. The van der Waals surface area contributed by atoms with Crippen LogP contribution in [0.5, 0.6) is 0 Å². The zero-order valence-electron chi connectivity index (χ0n) is 11.1. The average Bonchev–Trinajstić information content (AvgIpc) is 3.22. The maximum absolute atomic E-state index is 11.8. The summed E-state index contributed by atoms with van der Waals surface area (Å²) in [6, 6.07) is 6.83. The second-order valence-electron chi connectivity index (χ2n) is 5.17. The highest BCUT2D eigenvalue weighted by Gasteiger charge is 2.32. The number of amides is 1. The molecule has 102 valence electrons. The third-order valence-electron chi connectivity index (χ3n) is 3.63. The first-order chi connectivity index (χ1) is 9.08. The maximum atomic E-state index is 11.8. The van der Waals surface area contributed by atoms with Gasteiger partial charge in [0.15, 0.2) is 0 Å². The Morgan fingerprint density at radius 3 is 2.79 bits per heavy atom. The molecule has 1 fully saturated rings. The van der Waals surface area contributed by atoms with Crippen molar-refractivity contribution >= 4 is 11.9 Å². The van der Waals surface area contributed by atoms with Crippen LogP contribution in [0.2, 0.25) is 0 Å². The lowest BCUT2D eigenvalue weighted by atomic mass is 10.1. The van der Waals surface area contributed by atoms with Crippen LogP contribution in [0.1, 0.15) is 35.7 Å². The van der Waals surface area contributed by atoms with Gasteiger partial charge in [0.25, 0.3) is 0 Å². The lowest BCUT2D eigenvalue weighted by Gasteiger charge is -2.11. The highest BCUT2D eigenvalue weighted by Crippen LogP contribution is 2.36. The SMILES string of the molecule is CC(C(=O)NCCc1cccc(C(=O)O)c1)C1CC1. The molecule has 0 aromatic heterocycles. The molecule has 1 aromatic rings. The number of carbonyl (C=O) groups excluding carboxylic acids is 1. The Hall–Kier alpha value is -1.84. The number of carboxylic acid groups (broad SMARTS) is 1. The van der Waals surface area contributed by atoms with Crippen molar-refractivity contribution in [3.8, 4) is 0 Å². The van der Waals surface area contributed by atoms with Gasteiger partial charge in [-0.15, -0.1) is 0 Å². The summed E-state index contributed by atoms with van der Waals surface area (Å²) in [6.07, 6.45) is 2.98. The maximum Gasteiger partial charge on any atom is 0.335 e. The van der Waals surface area contributed by atoms with Crippen LogP contribution in [-0.2, 0) is 11.2 Å². The van der Waals surface area contributed by atoms with Gasteiger partial charge in [0.2, 0.25) is 5.91 Å². The van der Waals surface area contributed by atoms with E-state index in [2.05, 4.69) is 5.32 Å². The van der Waals surface area contributed by atoms with Crippen LogP contribution in [-0.4, -0.2) is 23.5 Å². The molecule has 0 aliphatic heterocycles. The largest absolute Gasteiger partial charge is 0.478 e. The minimum absolute atomic E-state index is 0.102. The van der Waals surface area contributed by atoms with Crippen molar-refractivity contribution in [3.05, 3.63) is 35.4 Å². The van der Waals surface area contributed by atoms with Crippen molar-refractivity contribution in [2.75, 3.05) is 6.54 Å². The van der Waals surface area contributed by atoms with E-state index in [-0.39, 0.29) is 17.4 Å². The molecule has 1 aromatic carbocycles. The summed E-state index contributed by atoms with van der Waals surface area (Å²) in [4.78, 5) is 22.6. The van der Waals surface area contributed by atoms with E-state index in [1.807, 2.05) is 13.0 Å². The lowest BCUT2D eigenvalue weighted by molar-refractivity contribution is -0.125. The Kier molecular flexibility index (Phi) is 4.20. The van der Waals surface area contributed by atoms with E-state index in [0.717, 1.165) is 18.4 Å². The monoisotopic (exact) mass is 261 g/mol. The molecule has 1 aliphatic carbocycles. The molecular weight excluding hydrogens is 242 g/mol. The van der Waals surface area contributed by atoms with Crippen LogP contribution in [0, 0.1) is 11.8 Å². The molecule has 4 heteroatoms. The predicted molar refractivity (Wildman–Crippen MR) is 72.0 cm³/mol. The standard InChI is InChI=1S/C15H19NO3/c1-10(12-5-6-12)14(17)16-8-7-11-3-2-4-13(9-11)15(18)19/h2-4,9-10,12H,5-8H2,1H3,(H,16,17)(H,18,19). The Morgan fingerprint density at radius 1 is 1.42 bits per heavy atom. The summed E-state index contributed by atoms with van der Waals surface area (Å²) < 4.78 is 0. The van der Waals surface area contributed by atoms with E-state index in [1.54, 1.807) is 18.2 Å². The first kappa shape index (κ1) is 13.6. The van der Waals surface area contributed by atoms with E-state index < -0.39 is 5.97 Å². The number of carbonyl (C=O) groups is 2. The Bertz CT molecular complexity index is 480. The van der Waals surface area contributed by atoms with E-state index in [1.165, 1.54) is 0 Å². The molecule has 2 N–H and O–H groups in total. The fraction of sp³-hybridized carbons (Fsp3) is 0.467. The lowest BCUT2D eigenvalue weighted by Crippen LogP contribution is -2.31. The van der Waals surface area contributed by atoms with Gasteiger partial charge in [-0.25, -0.2) is 4.79 Å². The zero-order chi connectivity index (χ0) is 13.8. The number of benzene rings is 1. The van der Waals surface area contributed by atoms with E-state index >= 15 is 0 Å². The van der Waals surface area contributed by atoms with Gasteiger partial charge in [-0.3, -0.25) is 4.79 Å². The average molecular weight is 261 g/mol. The first-order valence-electron chi connectivity index (χ1n) is 6.68. The van der Waals surface area contributed by atoms with Crippen molar-refractivity contribution < 1.29 is 14.7 Å². The molecule has 1 amide bonds. The summed E-state index contributed by atoms with van der Waals surface area (Å²) in [6.45, 7) is 2.52. The Balaban J connectivity index is 1.80. The number of nitrogens with one attached hydrogen (secondary N) is 1. The van der Waals surface area contributed by atoms with Crippen molar-refractivity contribution in [2.24, 2.45) is 11.8 Å². The van der Waals surface area contributed by atoms with Crippen LogP contribution in [0.25, 0.3) is 0 Å². The van der Waals surface area contributed by atoms with Gasteiger partial charge in [-0.2, -0.15) is 0 Å². The highest BCUT2D eigenvalue weighted by molar-refractivity contribution is 5.87. The fourth-order valence-electron chi connectivity index (χ4n) is 2.16. The summed E-state index contributed by atoms with van der Waals surface area (Å²) in [5.74, 6) is -0.147. The van der Waals surface area contributed by atoms with Gasteiger partial charge in [0, 0.05) is 12.5 Å². The quantitative estimate of drug-likeness (QED) is 0.824. The van der Waals surface area contributed by atoms with Gasteiger partial charge < -0.3 is 10.4 Å². The zero-order valence-corrected chi connectivity index (χ0v) is 11.1. The minimum atomic E-state index is -0.923. The number of aromatic carboxylic acids is 1. The molecule has 1 unspecified atom stereocenters. The molecule has 1 atom stereocenters. The van der Waals surface area contributed by atoms with Gasteiger partial charge in [0.05, 0.1) is 5.56 Å². The van der Waals surface area contributed by atoms with Crippen LogP contribution in [0.3, 0.4) is 0 Å². The van der Waals surface area contributed by atoms with Crippen LogP contribution in [0.4, 0.5) is 0 Å². The normalized spacial score (nSPS) is 15.8. The fourth-order valence-corrected chi connectivity index (χ4v) is 2.16. The van der Waals surface area contributed by atoms with Crippen molar-refractivity contribution in [2.45, 2.75) is 26.2 Å². The highest BCUT2D eigenvalue weighted by atomic mass is 16.4. The summed E-state index contributed by atoms with van der Waals surface area (Å²) in [7, 11) is 0. The molecule has 1 saturated carbocycles. The second-order valence-corrected chi connectivity index (χ2v) is 5.17. The molecule has 0 saturated heterocycles. The molecular formula is C15H19NO3. The predicted octanol–water partition coefficient (Wildman–Crippen LogP) is 2.09. The van der Waals surface area contributed by atoms with Crippen molar-refractivity contribution in [1.29, 1.82) is 0 Å². The van der Waals surface area contributed by atoms with Crippen LogP contribution < -0.4 is 5.32 Å². The molecule has 19 heavy (non-hydrogen) atoms. The van der Waals surface area contributed by atoms with E-state index in [0.29, 0.717) is 18.9 Å². The summed E-state index contributed by atoms with van der Waals surface area (Å²) >= 11 is 0. The van der Waals surface area contributed by atoms with Gasteiger partial charge in [-0.05, 0) is 42.9 Å². The molecule has 0 heterocycles. The molecule has 0 spiro atoms. The molecule has 0 bridgehead atoms. The molecule has 4 nitrogen and oxygen atoms in total. The second kappa shape index (κ2) is 5.87. The van der Waals surface area contributed by atoms with Gasteiger partial charge in [-0.1, -0.05) is 19.1 Å². The Labute approximate surface area is 112 Å². The van der Waals surface area contributed by atoms with Crippen LogP contribution >= 0.6 is 0 Å². The first-order valence-corrected chi connectivity index (χ1v) is 6.68. The minimum Gasteiger partial charge on any atom is -0.478 e. The smallest absolute Gasteiger partial charge is 0.335 e. The summed E-state index contributed by atoms with van der Waals surface area (Å²) in [5.41, 5.74) is 1.22. The number of hydrogen-bond donors (Lipinski definition) is 2. The summed E-state index contributed by atoms with van der Waals surface area (Å²) in [5, 5.41) is 11.8. The van der Waals surface area contributed by atoms with E-state index in [9.17, 15) is 9.59 Å². The molecule has 1 aliphatic rings. The topological polar surface area (TPSA) is 66.4 Å². The molecule has 0 radical (unpaired) electrons. The number of carboxylic acids is 1. The van der Waals surface area contributed by atoms with Crippen LogP contribution in [0.15, 0.2) is 24.3 Å². The van der Waals surface area contributed by atoms with Crippen molar-refractivity contribution in [1.82, 2.24) is 5.32 Å². The van der Waals surface area contributed by atoms with Crippen molar-refractivity contribution in [3.63, 3.8) is 0 Å². The van der Waals surface area contributed by atoms with Gasteiger partial charge in [0.1, 0.15) is 0 Å². The molecule has 2 rings (SSSR count). The van der Waals surface area contributed by atoms with Gasteiger partial charge >= 0.3 is 5.97 Å². The van der Waals surface area contributed by atoms with E-state index in [4.69, 9.17) is 5.11 Å². The third-order valence-corrected chi connectivity index (χ3v) is 3.63. The number of hydrogen-bond acceptors (Lipinski definition) is 2. The Morgan fingerprint density at radius 2 is 2.16 bits per heavy atom. The third kappa shape index (κ3) is 3.81.